The Morgan fingerprint density at radius 1 is 1.48 bits per heavy atom. The Morgan fingerprint density at radius 2 is 2.19 bits per heavy atom. The van der Waals surface area contributed by atoms with Gasteiger partial charge in [-0.1, -0.05) is 28.1 Å². The van der Waals surface area contributed by atoms with Gasteiger partial charge in [0.05, 0.1) is 12.1 Å². The molecule has 4 nitrogen and oxygen atoms in total. The molecule has 1 amide bonds. The molecular formula is C16H24BrN3O. The number of carbonyl (C=O) groups excluding carboxylic acids is 1. The summed E-state index contributed by atoms with van der Waals surface area (Å²) < 4.78 is 1.04. The zero-order chi connectivity index (χ0) is 15.6. The van der Waals surface area contributed by atoms with Crippen LogP contribution in [0.2, 0.25) is 0 Å². The van der Waals surface area contributed by atoms with Crippen LogP contribution in [-0.2, 0) is 4.79 Å². The molecule has 3 unspecified atom stereocenters. The van der Waals surface area contributed by atoms with E-state index in [-0.39, 0.29) is 24.0 Å². The normalized spacial score (nSPS) is 22.0. The monoisotopic (exact) mass is 353 g/mol. The van der Waals surface area contributed by atoms with E-state index in [1.54, 1.807) is 4.90 Å². The van der Waals surface area contributed by atoms with Crippen molar-refractivity contribution in [3.8, 4) is 0 Å². The summed E-state index contributed by atoms with van der Waals surface area (Å²) in [5.74, 6) is 0.174. The van der Waals surface area contributed by atoms with Gasteiger partial charge in [0.2, 0.25) is 5.91 Å². The van der Waals surface area contributed by atoms with Crippen LogP contribution in [0.1, 0.15) is 31.4 Å². The predicted octanol–water partition coefficient (Wildman–Crippen LogP) is 2.39. The molecule has 1 aromatic carbocycles. The number of halogens is 1. The van der Waals surface area contributed by atoms with E-state index < -0.39 is 0 Å². The molecule has 1 heterocycles. The highest BCUT2D eigenvalue weighted by Gasteiger charge is 2.38. The second kappa shape index (κ2) is 6.90. The fraction of sp³-hybridized carbons (Fsp3) is 0.562. The van der Waals surface area contributed by atoms with Crippen molar-refractivity contribution in [3.05, 3.63) is 34.3 Å². The average molecular weight is 354 g/mol. The van der Waals surface area contributed by atoms with Crippen molar-refractivity contribution in [1.29, 1.82) is 0 Å². The summed E-state index contributed by atoms with van der Waals surface area (Å²) in [5.41, 5.74) is 7.42. The third-order valence-electron chi connectivity index (χ3n) is 4.07. The Hall–Kier alpha value is -0.910. The molecule has 5 heteroatoms. The van der Waals surface area contributed by atoms with Crippen LogP contribution in [0.4, 0.5) is 0 Å². The Bertz CT molecular complexity index is 504. The number of hydrogen-bond donors (Lipinski definition) is 1. The molecule has 116 valence electrons. The molecule has 1 aliphatic rings. The molecule has 2 rings (SSSR count). The van der Waals surface area contributed by atoms with Gasteiger partial charge in [-0.25, -0.2) is 0 Å². The topological polar surface area (TPSA) is 49.6 Å². The number of carbonyl (C=O) groups is 1. The van der Waals surface area contributed by atoms with E-state index in [1.165, 1.54) is 0 Å². The fourth-order valence-corrected chi connectivity index (χ4v) is 3.59. The van der Waals surface area contributed by atoms with E-state index in [1.807, 2.05) is 33.2 Å². The first-order valence-electron chi connectivity index (χ1n) is 7.39. The van der Waals surface area contributed by atoms with Gasteiger partial charge in [-0.2, -0.15) is 0 Å². The summed E-state index contributed by atoms with van der Waals surface area (Å²) in [6.45, 7) is 2.93. The number of hydrogen-bond acceptors (Lipinski definition) is 3. The number of nitrogens with zero attached hydrogens (tertiary/aromatic N) is 2. The third-order valence-corrected chi connectivity index (χ3v) is 4.56. The standard InChI is InChI=1S/C16H24BrN3O/c1-11(18)15(12-6-4-7-13(17)10-12)20-9-5-8-14(20)16(21)19(2)3/h4,6-7,10-11,14-15H,5,8-9,18H2,1-3H3. The molecule has 1 fully saturated rings. The van der Waals surface area contributed by atoms with Crippen LogP contribution in [-0.4, -0.2) is 48.4 Å². The van der Waals surface area contributed by atoms with Crippen LogP contribution < -0.4 is 5.73 Å². The molecule has 1 aliphatic heterocycles. The number of likely N-dealkylation sites (N-methyl/N-ethyl adjacent to an activating group) is 1. The molecular weight excluding hydrogens is 330 g/mol. The van der Waals surface area contributed by atoms with Gasteiger partial charge in [-0.15, -0.1) is 0 Å². The lowest BCUT2D eigenvalue weighted by Crippen LogP contribution is -2.48. The van der Waals surface area contributed by atoms with Crippen molar-refractivity contribution >= 4 is 21.8 Å². The number of nitrogens with two attached hydrogens (primary N) is 1. The van der Waals surface area contributed by atoms with E-state index in [0.717, 1.165) is 29.4 Å². The second-order valence-electron chi connectivity index (χ2n) is 5.99. The summed E-state index contributed by atoms with van der Waals surface area (Å²) in [7, 11) is 3.64. The molecule has 3 atom stereocenters. The molecule has 0 aliphatic carbocycles. The van der Waals surface area contributed by atoms with Crippen LogP contribution in [0.3, 0.4) is 0 Å². The smallest absolute Gasteiger partial charge is 0.239 e. The molecule has 0 saturated carbocycles. The summed E-state index contributed by atoms with van der Waals surface area (Å²) in [6, 6.07) is 8.20. The van der Waals surface area contributed by atoms with Gasteiger partial charge < -0.3 is 10.6 Å². The van der Waals surface area contributed by atoms with Crippen molar-refractivity contribution < 1.29 is 4.79 Å². The molecule has 1 saturated heterocycles. The number of rotatable bonds is 4. The van der Waals surface area contributed by atoms with Gasteiger partial charge in [-0.05, 0) is 44.0 Å². The molecule has 0 spiro atoms. The van der Waals surface area contributed by atoms with E-state index in [4.69, 9.17) is 5.73 Å². The number of benzene rings is 1. The number of likely N-dealkylation sites (tertiary alicyclic amines) is 1. The third kappa shape index (κ3) is 3.65. The zero-order valence-electron chi connectivity index (χ0n) is 12.9. The van der Waals surface area contributed by atoms with Crippen LogP contribution >= 0.6 is 15.9 Å². The summed E-state index contributed by atoms with van der Waals surface area (Å²) in [5, 5.41) is 0. The quantitative estimate of drug-likeness (QED) is 0.903. The van der Waals surface area contributed by atoms with Gasteiger partial charge >= 0.3 is 0 Å². The van der Waals surface area contributed by atoms with Crippen LogP contribution in [0, 0.1) is 0 Å². The highest BCUT2D eigenvalue weighted by atomic mass is 79.9. The summed E-state index contributed by atoms with van der Waals surface area (Å²) >= 11 is 3.52. The van der Waals surface area contributed by atoms with E-state index >= 15 is 0 Å². The lowest BCUT2D eigenvalue weighted by atomic mass is 9.98. The Morgan fingerprint density at radius 3 is 2.76 bits per heavy atom. The van der Waals surface area contributed by atoms with Crippen molar-refractivity contribution in [3.63, 3.8) is 0 Å². The highest BCUT2D eigenvalue weighted by Crippen LogP contribution is 2.33. The van der Waals surface area contributed by atoms with Crippen LogP contribution in [0.5, 0.6) is 0 Å². The first kappa shape index (κ1) is 16.5. The van der Waals surface area contributed by atoms with Crippen molar-refractivity contribution in [2.24, 2.45) is 5.73 Å². The van der Waals surface area contributed by atoms with Gasteiger partial charge in [0.15, 0.2) is 0 Å². The second-order valence-corrected chi connectivity index (χ2v) is 6.90. The molecule has 1 aromatic rings. The number of amides is 1. The highest BCUT2D eigenvalue weighted by molar-refractivity contribution is 9.10. The van der Waals surface area contributed by atoms with E-state index in [0.29, 0.717) is 0 Å². The van der Waals surface area contributed by atoms with Gasteiger partial charge in [0.1, 0.15) is 0 Å². The molecule has 2 N–H and O–H groups in total. The SMILES string of the molecule is CC(N)C(c1cccc(Br)c1)N1CCCC1C(=O)N(C)C. The maximum absolute atomic E-state index is 12.4. The van der Waals surface area contributed by atoms with Gasteiger partial charge in [0.25, 0.3) is 0 Å². The molecule has 0 aromatic heterocycles. The predicted molar refractivity (Wildman–Crippen MR) is 89.0 cm³/mol. The maximum atomic E-state index is 12.4. The Balaban J connectivity index is 2.31. The van der Waals surface area contributed by atoms with Crippen molar-refractivity contribution in [1.82, 2.24) is 9.80 Å². The lowest BCUT2D eigenvalue weighted by molar-refractivity contribution is -0.134. The van der Waals surface area contributed by atoms with Gasteiger partial charge in [-0.3, -0.25) is 9.69 Å². The van der Waals surface area contributed by atoms with Crippen molar-refractivity contribution in [2.75, 3.05) is 20.6 Å². The van der Waals surface area contributed by atoms with Crippen molar-refractivity contribution in [2.45, 2.75) is 37.9 Å². The van der Waals surface area contributed by atoms with Crippen LogP contribution in [0.15, 0.2) is 28.7 Å². The molecule has 0 bridgehead atoms. The minimum absolute atomic E-state index is 0.0325. The Labute approximate surface area is 135 Å². The van der Waals surface area contributed by atoms with Gasteiger partial charge in [0, 0.05) is 24.6 Å². The van der Waals surface area contributed by atoms with E-state index in [9.17, 15) is 4.79 Å². The minimum Gasteiger partial charge on any atom is -0.347 e. The first-order chi connectivity index (χ1) is 9.91. The molecule has 21 heavy (non-hydrogen) atoms. The Kier molecular flexibility index (Phi) is 5.41. The molecule has 0 radical (unpaired) electrons. The lowest BCUT2D eigenvalue weighted by Gasteiger charge is -2.36. The van der Waals surface area contributed by atoms with E-state index in [2.05, 4.69) is 33.0 Å². The largest absolute Gasteiger partial charge is 0.347 e. The average Bonchev–Trinajstić information content (AvgIpc) is 2.86. The van der Waals surface area contributed by atoms with Crippen LogP contribution in [0.25, 0.3) is 0 Å². The maximum Gasteiger partial charge on any atom is 0.239 e. The zero-order valence-corrected chi connectivity index (χ0v) is 14.5. The summed E-state index contributed by atoms with van der Waals surface area (Å²) in [6.07, 6.45) is 1.95. The summed E-state index contributed by atoms with van der Waals surface area (Å²) in [4.78, 5) is 16.4. The fourth-order valence-electron chi connectivity index (χ4n) is 3.17. The minimum atomic E-state index is -0.0602. The first-order valence-corrected chi connectivity index (χ1v) is 8.19.